The van der Waals surface area contributed by atoms with Crippen molar-refractivity contribution in [3.05, 3.63) is 96.6 Å². The second-order valence-electron chi connectivity index (χ2n) is 6.92. The molecule has 28 heavy (non-hydrogen) atoms. The molecule has 0 bridgehead atoms. The Morgan fingerprint density at radius 1 is 0.679 bits per heavy atom. The number of rotatable bonds is 3. The monoisotopic (exact) mass is 367 g/mol. The highest BCUT2D eigenvalue weighted by Gasteiger charge is 2.11. The van der Waals surface area contributed by atoms with Crippen LogP contribution in [0.15, 0.2) is 91.0 Å². The zero-order valence-corrected chi connectivity index (χ0v) is 15.4. The molecule has 1 atom stereocenters. The molecule has 0 aliphatic heterocycles. The van der Waals surface area contributed by atoms with Crippen LogP contribution < -0.4 is 5.73 Å². The second-order valence-corrected chi connectivity index (χ2v) is 6.92. The van der Waals surface area contributed by atoms with E-state index in [9.17, 15) is 4.79 Å². The van der Waals surface area contributed by atoms with Gasteiger partial charge in [0.1, 0.15) is 6.04 Å². The highest BCUT2D eigenvalue weighted by Crippen LogP contribution is 2.33. The number of benzene rings is 5. The van der Waals surface area contributed by atoms with Gasteiger partial charge in [-0.15, -0.1) is 0 Å². The van der Waals surface area contributed by atoms with E-state index in [4.69, 9.17) is 10.8 Å². The molecule has 5 aromatic rings. The van der Waals surface area contributed by atoms with Crippen molar-refractivity contribution in [1.82, 2.24) is 0 Å². The third-order valence-electron chi connectivity index (χ3n) is 5.01. The molecule has 5 aromatic carbocycles. The Bertz CT molecular complexity index is 1100. The third kappa shape index (κ3) is 3.53. The van der Waals surface area contributed by atoms with Crippen molar-refractivity contribution < 1.29 is 9.90 Å². The van der Waals surface area contributed by atoms with Crippen LogP contribution in [-0.4, -0.2) is 17.1 Å². The molecule has 5 rings (SSSR count). The lowest BCUT2D eigenvalue weighted by atomic mass is 9.95. The minimum Gasteiger partial charge on any atom is -0.480 e. The molecule has 3 nitrogen and oxygen atoms in total. The summed E-state index contributed by atoms with van der Waals surface area (Å²) in [6, 6.07) is 30.4. The van der Waals surface area contributed by atoms with Crippen LogP contribution in [0.2, 0.25) is 0 Å². The van der Waals surface area contributed by atoms with Gasteiger partial charge in [-0.05, 0) is 44.3 Å². The number of carbonyl (C=O) groups is 1. The first kappa shape index (κ1) is 18.0. The predicted octanol–water partition coefficient (Wildman–Crippen LogP) is 5.23. The van der Waals surface area contributed by atoms with Crippen molar-refractivity contribution in [3.63, 3.8) is 0 Å². The summed E-state index contributed by atoms with van der Waals surface area (Å²) < 4.78 is 0. The van der Waals surface area contributed by atoms with E-state index in [-0.39, 0.29) is 0 Å². The molecule has 3 N–H and O–H groups in total. The van der Waals surface area contributed by atoms with E-state index in [0.29, 0.717) is 6.42 Å². The summed E-state index contributed by atoms with van der Waals surface area (Å²) in [6.07, 6.45) is 0.385. The van der Waals surface area contributed by atoms with Crippen molar-refractivity contribution in [1.29, 1.82) is 0 Å². The minimum absolute atomic E-state index is 0.385. The van der Waals surface area contributed by atoms with Crippen molar-refractivity contribution >= 4 is 38.3 Å². The standard InChI is InChI=1S/C16H10.C9H11NO2/c1-3-11-7-9-13-5-2-6-14-10-8-12(4-1)15(11)16(13)14;10-8(9(11)12)6-7-4-2-1-3-5-7/h1-10H;1-5,8H,6,10H2,(H,11,12)/t;8-/m.0/s1. The molecule has 0 heterocycles. The van der Waals surface area contributed by atoms with Gasteiger partial charge in [0.2, 0.25) is 0 Å². The van der Waals surface area contributed by atoms with Crippen LogP contribution >= 0.6 is 0 Å². The molecule has 138 valence electrons. The highest BCUT2D eigenvalue weighted by atomic mass is 16.4. The van der Waals surface area contributed by atoms with E-state index in [1.165, 1.54) is 32.3 Å². The molecular formula is C25H21NO2. The van der Waals surface area contributed by atoms with Gasteiger partial charge in [0.15, 0.2) is 0 Å². The molecule has 0 amide bonds. The molecule has 0 unspecified atom stereocenters. The number of aliphatic carboxylic acids is 1. The Labute approximate surface area is 163 Å². The molecule has 0 aliphatic carbocycles. The van der Waals surface area contributed by atoms with Crippen molar-refractivity contribution in [2.75, 3.05) is 0 Å². The first-order valence-electron chi connectivity index (χ1n) is 9.28. The van der Waals surface area contributed by atoms with Gasteiger partial charge in [-0.1, -0.05) is 91.0 Å². The van der Waals surface area contributed by atoms with E-state index in [1.54, 1.807) is 0 Å². The topological polar surface area (TPSA) is 63.3 Å². The largest absolute Gasteiger partial charge is 0.480 e. The van der Waals surface area contributed by atoms with Crippen LogP contribution in [0.25, 0.3) is 32.3 Å². The smallest absolute Gasteiger partial charge is 0.320 e. The lowest BCUT2D eigenvalue weighted by molar-refractivity contribution is -0.138. The number of carboxylic acid groups (broad SMARTS) is 1. The van der Waals surface area contributed by atoms with Crippen molar-refractivity contribution in [2.45, 2.75) is 12.5 Å². The lowest BCUT2D eigenvalue weighted by Crippen LogP contribution is -2.32. The number of hydrogen-bond acceptors (Lipinski definition) is 2. The molecule has 0 spiro atoms. The molecule has 0 saturated carbocycles. The normalized spacial score (nSPS) is 12.0. The third-order valence-corrected chi connectivity index (χ3v) is 5.01. The van der Waals surface area contributed by atoms with E-state index in [1.807, 2.05) is 30.3 Å². The van der Waals surface area contributed by atoms with E-state index >= 15 is 0 Å². The predicted molar refractivity (Wildman–Crippen MR) is 116 cm³/mol. The maximum Gasteiger partial charge on any atom is 0.320 e. The maximum atomic E-state index is 10.4. The Kier molecular flexibility index (Phi) is 4.92. The quantitative estimate of drug-likeness (QED) is 0.430. The van der Waals surface area contributed by atoms with Gasteiger partial charge < -0.3 is 10.8 Å². The summed E-state index contributed by atoms with van der Waals surface area (Å²) in [7, 11) is 0. The summed E-state index contributed by atoms with van der Waals surface area (Å²) >= 11 is 0. The molecular weight excluding hydrogens is 346 g/mol. The maximum absolute atomic E-state index is 10.4. The Balaban J connectivity index is 0.000000145. The first-order chi connectivity index (χ1) is 13.6. The van der Waals surface area contributed by atoms with E-state index < -0.39 is 12.0 Å². The average Bonchev–Trinajstić information content (AvgIpc) is 2.73. The van der Waals surface area contributed by atoms with E-state index in [0.717, 1.165) is 5.56 Å². The zero-order chi connectivity index (χ0) is 19.5. The van der Waals surface area contributed by atoms with Crippen molar-refractivity contribution in [3.8, 4) is 0 Å². The molecule has 0 radical (unpaired) electrons. The molecule has 0 aliphatic rings. The van der Waals surface area contributed by atoms with Gasteiger partial charge in [0.25, 0.3) is 0 Å². The van der Waals surface area contributed by atoms with Crippen LogP contribution in [-0.2, 0) is 11.2 Å². The highest BCUT2D eigenvalue weighted by molar-refractivity contribution is 6.22. The van der Waals surface area contributed by atoms with Crippen LogP contribution in [0, 0.1) is 0 Å². The SMILES string of the molecule is N[C@@H](Cc1ccccc1)C(=O)O.c1cc2ccc3cccc4ccc(c1)c2c34. The Morgan fingerprint density at radius 2 is 1.11 bits per heavy atom. The second kappa shape index (κ2) is 7.67. The Morgan fingerprint density at radius 3 is 1.50 bits per heavy atom. The average molecular weight is 367 g/mol. The van der Waals surface area contributed by atoms with Gasteiger partial charge in [-0.2, -0.15) is 0 Å². The summed E-state index contributed by atoms with van der Waals surface area (Å²) in [5.74, 6) is -0.959. The molecule has 0 aromatic heterocycles. The number of carboxylic acids is 1. The summed E-state index contributed by atoms with van der Waals surface area (Å²) in [5.41, 5.74) is 6.30. The lowest BCUT2D eigenvalue weighted by Gasteiger charge is -2.09. The van der Waals surface area contributed by atoms with E-state index in [2.05, 4.69) is 60.7 Å². The van der Waals surface area contributed by atoms with Crippen LogP contribution in [0.1, 0.15) is 5.56 Å². The van der Waals surface area contributed by atoms with Crippen LogP contribution in [0.5, 0.6) is 0 Å². The fourth-order valence-electron chi connectivity index (χ4n) is 3.62. The van der Waals surface area contributed by atoms with Gasteiger partial charge >= 0.3 is 5.97 Å². The fourth-order valence-corrected chi connectivity index (χ4v) is 3.62. The molecule has 0 fully saturated rings. The number of nitrogens with two attached hydrogens (primary N) is 1. The summed E-state index contributed by atoms with van der Waals surface area (Å²) in [5, 5.41) is 16.7. The van der Waals surface area contributed by atoms with Gasteiger partial charge in [-0.25, -0.2) is 0 Å². The van der Waals surface area contributed by atoms with Crippen LogP contribution in [0.4, 0.5) is 0 Å². The van der Waals surface area contributed by atoms with Gasteiger partial charge in [-0.3, -0.25) is 4.79 Å². The zero-order valence-electron chi connectivity index (χ0n) is 15.4. The first-order valence-corrected chi connectivity index (χ1v) is 9.28. The summed E-state index contributed by atoms with van der Waals surface area (Å²) in [4.78, 5) is 10.4. The molecule has 0 saturated heterocycles. The van der Waals surface area contributed by atoms with Crippen LogP contribution in [0.3, 0.4) is 0 Å². The fraction of sp³-hybridized carbons (Fsp3) is 0.0800. The van der Waals surface area contributed by atoms with Gasteiger partial charge in [0, 0.05) is 0 Å². The number of hydrogen-bond donors (Lipinski definition) is 2. The Hall–Kier alpha value is -3.43. The van der Waals surface area contributed by atoms with Crippen molar-refractivity contribution in [2.24, 2.45) is 5.73 Å². The molecule has 3 heteroatoms. The summed E-state index contributed by atoms with van der Waals surface area (Å²) in [6.45, 7) is 0. The minimum atomic E-state index is -0.959. The van der Waals surface area contributed by atoms with Gasteiger partial charge in [0.05, 0.1) is 0 Å².